The van der Waals surface area contributed by atoms with Gasteiger partial charge in [0.2, 0.25) is 0 Å². The van der Waals surface area contributed by atoms with Crippen molar-refractivity contribution >= 4 is 45.9 Å². The van der Waals surface area contributed by atoms with Crippen molar-refractivity contribution in [1.82, 2.24) is 15.2 Å². The highest BCUT2D eigenvalue weighted by atomic mass is 32.2. The highest BCUT2D eigenvalue weighted by molar-refractivity contribution is 7.99. The number of thiazole rings is 1. The van der Waals surface area contributed by atoms with Crippen molar-refractivity contribution in [2.75, 3.05) is 18.2 Å². The summed E-state index contributed by atoms with van der Waals surface area (Å²) in [4.78, 5) is 33.6. The van der Waals surface area contributed by atoms with Gasteiger partial charge in [-0.05, 0) is 37.6 Å². The molecule has 0 spiro atoms. The second-order valence-electron chi connectivity index (χ2n) is 8.18. The number of nitrogens with one attached hydrogen (secondary N) is 1. The monoisotopic (exact) mass is 495 g/mol. The SMILES string of the molecule is Cc1cccc(-c2sc(C)nc2C(=O)N2CSC[C@H]2CNC(=O)c2ccc(F)c3occc23)c1. The quantitative estimate of drug-likeness (QED) is 0.409. The zero-order valence-electron chi connectivity index (χ0n) is 18.6. The van der Waals surface area contributed by atoms with E-state index in [0.717, 1.165) is 21.0 Å². The largest absolute Gasteiger partial charge is 0.461 e. The summed E-state index contributed by atoms with van der Waals surface area (Å²) in [5, 5.41) is 4.16. The Balaban J connectivity index is 1.34. The van der Waals surface area contributed by atoms with Gasteiger partial charge in [-0.1, -0.05) is 29.8 Å². The van der Waals surface area contributed by atoms with Crippen molar-refractivity contribution in [3.8, 4) is 10.4 Å². The molecule has 0 bridgehead atoms. The van der Waals surface area contributed by atoms with Crippen LogP contribution in [0.4, 0.5) is 4.39 Å². The van der Waals surface area contributed by atoms with Crippen LogP contribution in [0, 0.1) is 19.7 Å². The maximum atomic E-state index is 13.9. The number of aromatic nitrogens is 1. The molecule has 2 amide bonds. The first kappa shape index (κ1) is 22.6. The summed E-state index contributed by atoms with van der Waals surface area (Å²) in [5.74, 6) is 0.263. The normalized spacial score (nSPS) is 15.7. The number of hydrogen-bond acceptors (Lipinski definition) is 6. The van der Waals surface area contributed by atoms with E-state index in [1.807, 2.05) is 32.0 Å². The third kappa shape index (κ3) is 4.21. The van der Waals surface area contributed by atoms with E-state index in [4.69, 9.17) is 4.42 Å². The molecular formula is C25H22FN3O3S2. The van der Waals surface area contributed by atoms with Gasteiger partial charge in [0.1, 0.15) is 5.69 Å². The molecule has 0 radical (unpaired) electrons. The minimum absolute atomic E-state index is 0.0588. The van der Waals surface area contributed by atoms with Crippen LogP contribution in [-0.2, 0) is 0 Å². The van der Waals surface area contributed by atoms with Crippen molar-refractivity contribution < 1.29 is 18.4 Å². The van der Waals surface area contributed by atoms with Gasteiger partial charge in [0, 0.05) is 17.7 Å². The molecule has 5 rings (SSSR count). The maximum absolute atomic E-state index is 13.9. The predicted molar refractivity (Wildman–Crippen MR) is 133 cm³/mol. The first-order valence-corrected chi connectivity index (χ1v) is 12.8. The number of benzene rings is 2. The number of amides is 2. The highest BCUT2D eigenvalue weighted by Crippen LogP contribution is 2.33. The maximum Gasteiger partial charge on any atom is 0.275 e. The molecule has 2 aromatic carbocycles. The van der Waals surface area contributed by atoms with Gasteiger partial charge in [-0.25, -0.2) is 9.37 Å². The number of fused-ring (bicyclic) bond motifs is 1. The average molecular weight is 496 g/mol. The van der Waals surface area contributed by atoms with Crippen molar-refractivity contribution in [3.05, 3.63) is 76.4 Å². The Hall–Kier alpha value is -3.17. The minimum Gasteiger partial charge on any atom is -0.461 e. The molecule has 9 heteroatoms. The fourth-order valence-corrected chi connectivity index (χ4v) is 6.20. The Bertz CT molecular complexity index is 1400. The van der Waals surface area contributed by atoms with Gasteiger partial charge >= 0.3 is 0 Å². The molecule has 174 valence electrons. The van der Waals surface area contributed by atoms with Crippen LogP contribution in [0.15, 0.2) is 53.1 Å². The standard InChI is InChI=1S/C25H22FN3O3S2/c1-14-4-3-5-16(10-14)23-21(28-15(2)34-23)25(31)29-13-33-12-17(29)11-27-24(30)19-6-7-20(26)22-18(19)8-9-32-22/h3-10,17H,11-13H2,1-2H3,(H,27,30)/t17-/m1/s1. The van der Waals surface area contributed by atoms with E-state index in [-0.39, 0.29) is 30.0 Å². The lowest BCUT2D eigenvalue weighted by Crippen LogP contribution is -2.44. The summed E-state index contributed by atoms with van der Waals surface area (Å²) in [6, 6.07) is 12.1. The summed E-state index contributed by atoms with van der Waals surface area (Å²) in [5.41, 5.74) is 2.94. The summed E-state index contributed by atoms with van der Waals surface area (Å²) >= 11 is 3.15. The van der Waals surface area contributed by atoms with Crippen LogP contribution < -0.4 is 5.32 Å². The smallest absolute Gasteiger partial charge is 0.275 e. The van der Waals surface area contributed by atoms with E-state index < -0.39 is 5.82 Å². The fourth-order valence-electron chi connectivity index (χ4n) is 4.10. The third-order valence-corrected chi connectivity index (χ3v) is 7.87. The number of nitrogens with zero attached hydrogens (tertiary/aromatic N) is 2. The Morgan fingerprint density at radius 1 is 1.24 bits per heavy atom. The molecule has 1 N–H and O–H groups in total. The second-order valence-corrected chi connectivity index (χ2v) is 10.4. The molecule has 1 atom stereocenters. The zero-order chi connectivity index (χ0) is 23.8. The fraction of sp³-hybridized carbons (Fsp3) is 0.240. The van der Waals surface area contributed by atoms with Crippen molar-refractivity contribution in [3.63, 3.8) is 0 Å². The molecule has 1 aliphatic rings. The van der Waals surface area contributed by atoms with E-state index in [1.165, 1.54) is 29.7 Å². The van der Waals surface area contributed by atoms with Gasteiger partial charge in [-0.15, -0.1) is 23.1 Å². The van der Waals surface area contributed by atoms with Crippen LogP contribution in [0.25, 0.3) is 21.4 Å². The van der Waals surface area contributed by atoms with Crippen LogP contribution in [0.5, 0.6) is 0 Å². The average Bonchev–Trinajstić information content (AvgIpc) is 3.57. The van der Waals surface area contributed by atoms with Crippen LogP contribution in [0.3, 0.4) is 0 Å². The van der Waals surface area contributed by atoms with Crippen LogP contribution in [0.1, 0.15) is 31.4 Å². The first-order chi connectivity index (χ1) is 16.4. The van der Waals surface area contributed by atoms with E-state index in [2.05, 4.69) is 16.4 Å². The number of rotatable bonds is 5. The van der Waals surface area contributed by atoms with Crippen LogP contribution >= 0.6 is 23.1 Å². The molecule has 1 fully saturated rings. The molecule has 0 unspecified atom stereocenters. The van der Waals surface area contributed by atoms with Crippen molar-refractivity contribution in [1.29, 1.82) is 0 Å². The van der Waals surface area contributed by atoms with Gasteiger partial charge < -0.3 is 14.6 Å². The summed E-state index contributed by atoms with van der Waals surface area (Å²) in [7, 11) is 0. The van der Waals surface area contributed by atoms with Crippen LogP contribution in [-0.4, -0.2) is 45.9 Å². The lowest BCUT2D eigenvalue weighted by atomic mass is 10.1. The summed E-state index contributed by atoms with van der Waals surface area (Å²) in [6.45, 7) is 4.21. The molecule has 34 heavy (non-hydrogen) atoms. The number of carbonyl (C=O) groups excluding carboxylic acids is 2. The summed E-state index contributed by atoms with van der Waals surface area (Å²) in [6.07, 6.45) is 1.36. The van der Waals surface area contributed by atoms with Gasteiger partial charge in [-0.2, -0.15) is 0 Å². The van der Waals surface area contributed by atoms with Crippen LogP contribution in [0.2, 0.25) is 0 Å². The Kier molecular flexibility index (Phi) is 6.14. The Labute approximate surface area is 204 Å². The van der Waals surface area contributed by atoms with Crippen molar-refractivity contribution in [2.24, 2.45) is 0 Å². The van der Waals surface area contributed by atoms with Gasteiger partial charge in [-0.3, -0.25) is 9.59 Å². The second kappa shape index (κ2) is 9.23. The van der Waals surface area contributed by atoms with Gasteiger partial charge in [0.05, 0.1) is 33.6 Å². The molecule has 1 aliphatic heterocycles. The highest BCUT2D eigenvalue weighted by Gasteiger charge is 2.33. The number of thioether (sulfide) groups is 1. The van der Waals surface area contributed by atoms with E-state index >= 15 is 0 Å². The zero-order valence-corrected chi connectivity index (χ0v) is 20.3. The molecule has 1 saturated heterocycles. The third-order valence-electron chi connectivity index (χ3n) is 5.77. The minimum atomic E-state index is -0.511. The number of halogens is 1. The number of carbonyl (C=O) groups is 2. The number of aryl methyl sites for hydroxylation is 2. The molecule has 4 aromatic rings. The summed E-state index contributed by atoms with van der Waals surface area (Å²) < 4.78 is 19.1. The molecule has 0 saturated carbocycles. The lowest BCUT2D eigenvalue weighted by Gasteiger charge is -2.24. The molecule has 2 aromatic heterocycles. The first-order valence-electron chi connectivity index (χ1n) is 10.8. The molecule has 3 heterocycles. The van der Waals surface area contributed by atoms with E-state index in [0.29, 0.717) is 28.3 Å². The topological polar surface area (TPSA) is 75.4 Å². The Morgan fingerprint density at radius 3 is 2.91 bits per heavy atom. The number of hydrogen-bond donors (Lipinski definition) is 1. The number of furan rings is 1. The van der Waals surface area contributed by atoms with Gasteiger partial charge in [0.15, 0.2) is 11.4 Å². The van der Waals surface area contributed by atoms with Crippen molar-refractivity contribution in [2.45, 2.75) is 19.9 Å². The lowest BCUT2D eigenvalue weighted by molar-refractivity contribution is 0.0732. The Morgan fingerprint density at radius 2 is 2.09 bits per heavy atom. The molecule has 6 nitrogen and oxygen atoms in total. The molecular weight excluding hydrogens is 473 g/mol. The molecule has 0 aliphatic carbocycles. The van der Waals surface area contributed by atoms with Gasteiger partial charge in [0.25, 0.3) is 11.8 Å². The van der Waals surface area contributed by atoms with E-state index in [9.17, 15) is 14.0 Å². The predicted octanol–water partition coefficient (Wildman–Crippen LogP) is 5.26. The van der Waals surface area contributed by atoms with E-state index in [1.54, 1.807) is 22.7 Å².